The quantitative estimate of drug-likeness (QED) is 0.576. The Bertz CT molecular complexity index is 1240. The fraction of sp³-hybridized carbons (Fsp3) is 0.200. The summed E-state index contributed by atoms with van der Waals surface area (Å²) in [4.78, 5) is 24.2. The molecule has 7 heteroatoms. The van der Waals surface area contributed by atoms with Gasteiger partial charge in [0.1, 0.15) is 23.1 Å². The lowest BCUT2D eigenvalue weighted by molar-refractivity contribution is -0.137. The Morgan fingerprint density at radius 1 is 1.12 bits per heavy atom. The number of carbonyl (C=O) groups excluding carboxylic acids is 1. The Morgan fingerprint density at radius 3 is 2.66 bits per heavy atom. The van der Waals surface area contributed by atoms with Gasteiger partial charge < -0.3 is 15.2 Å². The van der Waals surface area contributed by atoms with Crippen LogP contribution in [0, 0.1) is 25.5 Å². The zero-order valence-corrected chi connectivity index (χ0v) is 17.5. The second kappa shape index (κ2) is 8.42. The molecule has 1 atom stereocenters. The summed E-state index contributed by atoms with van der Waals surface area (Å²) in [5.74, 6) is -2.19. The van der Waals surface area contributed by atoms with Crippen molar-refractivity contribution in [3.05, 3.63) is 82.4 Å². The number of carboxylic acid groups (broad SMARTS) is 1. The first-order chi connectivity index (χ1) is 15.2. The fourth-order valence-electron chi connectivity index (χ4n) is 4.00. The number of benzene rings is 3. The molecule has 164 valence electrons. The van der Waals surface area contributed by atoms with Crippen molar-refractivity contribution in [2.24, 2.45) is 0 Å². The maximum Gasteiger partial charge on any atom is 0.305 e. The van der Waals surface area contributed by atoms with Crippen LogP contribution >= 0.6 is 0 Å². The first-order valence-corrected chi connectivity index (χ1v) is 10.1. The van der Waals surface area contributed by atoms with E-state index in [1.54, 1.807) is 25.1 Å². The predicted octanol–water partition coefficient (Wildman–Crippen LogP) is 5.23. The van der Waals surface area contributed by atoms with Gasteiger partial charge in [-0.05, 0) is 66.9 Å². The molecular weight excluding hydrogens is 416 g/mol. The van der Waals surface area contributed by atoms with Gasteiger partial charge >= 0.3 is 5.97 Å². The van der Waals surface area contributed by atoms with Crippen molar-refractivity contribution in [3.8, 4) is 22.6 Å². The summed E-state index contributed by atoms with van der Waals surface area (Å²) >= 11 is 0. The predicted molar refractivity (Wildman–Crippen MR) is 115 cm³/mol. The van der Waals surface area contributed by atoms with Gasteiger partial charge in [-0.15, -0.1) is 0 Å². The Labute approximate surface area is 183 Å². The third kappa shape index (κ3) is 4.19. The van der Waals surface area contributed by atoms with Crippen molar-refractivity contribution >= 4 is 11.9 Å². The lowest BCUT2D eigenvalue weighted by atomic mass is 9.92. The minimum Gasteiger partial charge on any atom is -0.481 e. The number of rotatable bonds is 2. The number of nitrogens with one attached hydrogen (secondary N) is 1. The van der Waals surface area contributed by atoms with E-state index < -0.39 is 36.0 Å². The van der Waals surface area contributed by atoms with Crippen molar-refractivity contribution in [3.63, 3.8) is 0 Å². The van der Waals surface area contributed by atoms with Crippen LogP contribution in [0.5, 0.6) is 11.5 Å². The maximum absolute atomic E-state index is 15.1. The molecule has 0 fully saturated rings. The summed E-state index contributed by atoms with van der Waals surface area (Å²) in [6, 6.07) is 11.6. The van der Waals surface area contributed by atoms with Crippen LogP contribution < -0.4 is 10.1 Å². The lowest BCUT2D eigenvalue weighted by Crippen LogP contribution is -2.32. The molecule has 32 heavy (non-hydrogen) atoms. The van der Waals surface area contributed by atoms with Crippen molar-refractivity contribution in [2.45, 2.75) is 32.7 Å². The SMILES string of the molecule is Cc1cc2cc(c1F)[C@@H](CC(=O)O)NC(=O)Cc1cc(ccc1F)Oc1cccc(C)c1-2. The molecule has 0 aromatic heterocycles. The van der Waals surface area contributed by atoms with Gasteiger partial charge in [0.05, 0.1) is 18.9 Å². The van der Waals surface area contributed by atoms with Crippen molar-refractivity contribution in [1.29, 1.82) is 0 Å². The summed E-state index contributed by atoms with van der Waals surface area (Å²) in [6.45, 7) is 3.46. The van der Waals surface area contributed by atoms with Crippen LogP contribution in [0.25, 0.3) is 11.1 Å². The van der Waals surface area contributed by atoms with E-state index in [-0.39, 0.29) is 17.5 Å². The average Bonchev–Trinajstić information content (AvgIpc) is 2.72. The van der Waals surface area contributed by atoms with Gasteiger partial charge in [-0.2, -0.15) is 0 Å². The van der Waals surface area contributed by atoms with E-state index in [2.05, 4.69) is 5.32 Å². The molecule has 1 heterocycles. The van der Waals surface area contributed by atoms with Crippen molar-refractivity contribution < 1.29 is 28.2 Å². The highest BCUT2D eigenvalue weighted by Crippen LogP contribution is 2.39. The molecule has 3 aromatic carbocycles. The molecule has 1 aliphatic rings. The van der Waals surface area contributed by atoms with Crippen LogP contribution in [0.4, 0.5) is 8.78 Å². The first kappa shape index (κ1) is 21.5. The first-order valence-electron chi connectivity index (χ1n) is 10.1. The van der Waals surface area contributed by atoms with Crippen molar-refractivity contribution in [1.82, 2.24) is 5.32 Å². The van der Waals surface area contributed by atoms with Gasteiger partial charge in [-0.1, -0.05) is 12.1 Å². The van der Waals surface area contributed by atoms with E-state index in [4.69, 9.17) is 4.74 Å². The van der Waals surface area contributed by atoms with Crippen LogP contribution in [0.1, 0.15) is 34.7 Å². The number of carboxylic acids is 1. The molecule has 2 N–H and O–H groups in total. The summed E-state index contributed by atoms with van der Waals surface area (Å²) in [7, 11) is 0. The summed E-state index contributed by atoms with van der Waals surface area (Å²) in [6.07, 6.45) is -0.870. The van der Waals surface area contributed by atoms with Crippen LogP contribution in [-0.4, -0.2) is 17.0 Å². The van der Waals surface area contributed by atoms with Crippen LogP contribution in [0.3, 0.4) is 0 Å². The van der Waals surface area contributed by atoms with Crippen LogP contribution in [0.2, 0.25) is 0 Å². The van der Waals surface area contributed by atoms with E-state index in [1.165, 1.54) is 18.2 Å². The standard InChI is InChI=1S/C25H21F2NO4/c1-13-4-3-5-21-24(13)16-8-14(2)25(27)18(10-16)20(12-23(30)31)28-22(29)11-15-9-17(32-21)6-7-19(15)26/h3-10,20H,11-12H2,1-2H3,(H,28,29)(H,30,31)/t20-/m1/s1. The molecule has 0 unspecified atom stereocenters. The molecule has 0 aliphatic carbocycles. The molecule has 0 saturated carbocycles. The molecule has 1 aliphatic heterocycles. The zero-order chi connectivity index (χ0) is 23.0. The number of fused-ring (bicyclic) bond motifs is 6. The monoisotopic (exact) mass is 437 g/mol. The minimum absolute atomic E-state index is 0.0522. The average molecular weight is 437 g/mol. The van der Waals surface area contributed by atoms with Gasteiger partial charge in [0, 0.05) is 16.7 Å². The molecule has 0 saturated heterocycles. The molecule has 5 nitrogen and oxygen atoms in total. The maximum atomic E-state index is 15.1. The lowest BCUT2D eigenvalue weighted by Gasteiger charge is -2.21. The van der Waals surface area contributed by atoms with Crippen LogP contribution in [-0.2, 0) is 16.0 Å². The number of hydrogen-bond donors (Lipinski definition) is 2. The summed E-state index contributed by atoms with van der Waals surface area (Å²) < 4.78 is 35.6. The number of halogens is 2. The largest absolute Gasteiger partial charge is 0.481 e. The van der Waals surface area contributed by atoms with E-state index in [0.717, 1.165) is 5.56 Å². The van der Waals surface area contributed by atoms with E-state index >= 15 is 4.39 Å². The Kier molecular flexibility index (Phi) is 5.65. The number of hydrogen-bond acceptors (Lipinski definition) is 3. The number of carbonyl (C=O) groups is 2. The zero-order valence-electron chi connectivity index (χ0n) is 17.5. The van der Waals surface area contributed by atoms with Crippen molar-refractivity contribution in [2.75, 3.05) is 0 Å². The van der Waals surface area contributed by atoms with Gasteiger partial charge in [0.25, 0.3) is 0 Å². The second-order valence-corrected chi connectivity index (χ2v) is 7.89. The van der Waals surface area contributed by atoms with Gasteiger partial charge in [-0.3, -0.25) is 9.59 Å². The van der Waals surface area contributed by atoms with E-state index in [1.807, 2.05) is 19.1 Å². The Balaban J connectivity index is 1.99. The molecule has 1 amide bonds. The number of amides is 1. The smallest absolute Gasteiger partial charge is 0.305 e. The third-order valence-corrected chi connectivity index (χ3v) is 5.49. The number of aliphatic carboxylic acids is 1. The molecule has 3 aromatic rings. The molecule has 0 spiro atoms. The second-order valence-electron chi connectivity index (χ2n) is 7.89. The van der Waals surface area contributed by atoms with E-state index in [9.17, 15) is 19.1 Å². The highest BCUT2D eigenvalue weighted by Gasteiger charge is 2.25. The van der Waals surface area contributed by atoms with Gasteiger partial charge in [0.15, 0.2) is 0 Å². The topological polar surface area (TPSA) is 75.6 Å². The number of ether oxygens (including phenoxy) is 1. The summed E-state index contributed by atoms with van der Waals surface area (Å²) in [5.41, 5.74) is 2.62. The van der Waals surface area contributed by atoms with E-state index in [0.29, 0.717) is 28.2 Å². The third-order valence-electron chi connectivity index (χ3n) is 5.49. The highest BCUT2D eigenvalue weighted by molar-refractivity contribution is 5.81. The number of aryl methyl sites for hydroxylation is 2. The normalized spacial score (nSPS) is 15.4. The molecule has 4 rings (SSSR count). The minimum atomic E-state index is -1.20. The summed E-state index contributed by atoms with van der Waals surface area (Å²) in [5, 5.41) is 12.0. The Morgan fingerprint density at radius 2 is 1.91 bits per heavy atom. The van der Waals surface area contributed by atoms with Crippen LogP contribution in [0.15, 0.2) is 48.5 Å². The van der Waals surface area contributed by atoms with Gasteiger partial charge in [-0.25, -0.2) is 8.78 Å². The molecule has 4 bridgehead atoms. The van der Waals surface area contributed by atoms with Gasteiger partial charge in [0.2, 0.25) is 5.91 Å². The molecular formula is C25H21F2NO4. The highest BCUT2D eigenvalue weighted by atomic mass is 19.1. The Hall–Kier alpha value is -3.74. The fourth-order valence-corrected chi connectivity index (χ4v) is 4.00. The molecule has 0 radical (unpaired) electrons.